The van der Waals surface area contributed by atoms with Crippen molar-refractivity contribution in [2.45, 2.75) is 0 Å². The molecule has 0 saturated heterocycles. The summed E-state index contributed by atoms with van der Waals surface area (Å²) in [7, 11) is 3.22. The van der Waals surface area contributed by atoms with E-state index >= 15 is 0 Å². The predicted octanol–water partition coefficient (Wildman–Crippen LogP) is 2.68. The van der Waals surface area contributed by atoms with Crippen molar-refractivity contribution < 1.29 is 14.3 Å². The number of methoxy groups -OCH3 is 1. The van der Waals surface area contributed by atoms with Crippen LogP contribution in [0.3, 0.4) is 0 Å². The Balaban J connectivity index is 2.68. The van der Waals surface area contributed by atoms with Crippen LogP contribution in [0.1, 0.15) is 10.4 Å². The Labute approximate surface area is 123 Å². The molecule has 0 fully saturated rings. The number of benzene rings is 1. The Morgan fingerprint density at radius 3 is 2.74 bits per heavy atom. The molecule has 0 heterocycles. The van der Waals surface area contributed by atoms with Gasteiger partial charge >= 0.3 is 0 Å². The number of nitrogens with zero attached hydrogens (tertiary/aromatic N) is 1. The highest BCUT2D eigenvalue weighted by Crippen LogP contribution is 2.23. The molecule has 0 spiro atoms. The van der Waals surface area contributed by atoms with Crippen molar-refractivity contribution in [3.63, 3.8) is 0 Å². The van der Waals surface area contributed by atoms with Crippen LogP contribution in [0.4, 0.5) is 0 Å². The maximum absolute atomic E-state index is 12.2. The summed E-state index contributed by atoms with van der Waals surface area (Å²) in [5, 5.41) is 0.496. The van der Waals surface area contributed by atoms with E-state index in [1.54, 1.807) is 30.1 Å². The molecule has 1 aromatic rings. The van der Waals surface area contributed by atoms with E-state index in [1.807, 2.05) is 0 Å². The van der Waals surface area contributed by atoms with Crippen molar-refractivity contribution in [1.29, 1.82) is 0 Å². The fourth-order valence-electron chi connectivity index (χ4n) is 1.51. The van der Waals surface area contributed by atoms with Crippen LogP contribution in [0.25, 0.3) is 0 Å². The number of amides is 1. The first-order valence-electron chi connectivity index (χ1n) is 5.83. The summed E-state index contributed by atoms with van der Waals surface area (Å²) in [6, 6.07) is 4.95. The molecule has 0 unspecified atom stereocenters. The number of alkyl halides is 1. The summed E-state index contributed by atoms with van der Waals surface area (Å²) in [4.78, 5) is 13.8. The van der Waals surface area contributed by atoms with Gasteiger partial charge in [0, 0.05) is 24.5 Å². The molecule has 6 heteroatoms. The van der Waals surface area contributed by atoms with E-state index in [0.717, 1.165) is 0 Å². The Morgan fingerprint density at radius 1 is 1.37 bits per heavy atom. The number of halogens is 2. The quantitative estimate of drug-likeness (QED) is 0.574. The van der Waals surface area contributed by atoms with E-state index in [9.17, 15) is 4.79 Å². The number of ether oxygens (including phenoxy) is 2. The molecule has 1 rings (SSSR count). The van der Waals surface area contributed by atoms with Crippen molar-refractivity contribution >= 4 is 29.1 Å². The minimum Gasteiger partial charge on any atom is -0.496 e. The maximum Gasteiger partial charge on any atom is 0.257 e. The molecule has 1 amide bonds. The van der Waals surface area contributed by atoms with Gasteiger partial charge in [-0.25, -0.2) is 0 Å². The van der Waals surface area contributed by atoms with Crippen molar-refractivity contribution in [2.24, 2.45) is 0 Å². The number of rotatable bonds is 7. The first kappa shape index (κ1) is 16.1. The highest BCUT2D eigenvalue weighted by molar-refractivity contribution is 6.31. The Bertz CT molecular complexity index is 426. The van der Waals surface area contributed by atoms with Crippen LogP contribution in [0.5, 0.6) is 5.75 Å². The van der Waals surface area contributed by atoms with Gasteiger partial charge in [-0.3, -0.25) is 4.79 Å². The third-order valence-corrected chi connectivity index (χ3v) is 2.92. The van der Waals surface area contributed by atoms with Crippen LogP contribution in [-0.4, -0.2) is 50.6 Å². The summed E-state index contributed by atoms with van der Waals surface area (Å²) < 4.78 is 10.4. The number of carbonyl (C=O) groups excluding carboxylic acids is 1. The van der Waals surface area contributed by atoms with Gasteiger partial charge in [-0.1, -0.05) is 11.6 Å². The molecular formula is C13H17Cl2NO3. The largest absolute Gasteiger partial charge is 0.496 e. The summed E-state index contributed by atoms with van der Waals surface area (Å²) in [6.45, 7) is 1.40. The second-order valence-electron chi connectivity index (χ2n) is 3.87. The van der Waals surface area contributed by atoms with Gasteiger partial charge in [-0.15, -0.1) is 11.6 Å². The average Bonchev–Trinajstić information content (AvgIpc) is 2.42. The minimum atomic E-state index is -0.158. The van der Waals surface area contributed by atoms with Gasteiger partial charge < -0.3 is 14.4 Å². The highest BCUT2D eigenvalue weighted by atomic mass is 35.5. The molecule has 0 aliphatic rings. The molecule has 4 nitrogen and oxygen atoms in total. The van der Waals surface area contributed by atoms with E-state index in [2.05, 4.69) is 0 Å². The van der Waals surface area contributed by atoms with Gasteiger partial charge in [0.05, 0.1) is 25.9 Å². The van der Waals surface area contributed by atoms with Gasteiger partial charge in [0.25, 0.3) is 5.91 Å². The van der Waals surface area contributed by atoms with E-state index in [0.29, 0.717) is 42.0 Å². The molecule has 106 valence electrons. The average molecular weight is 306 g/mol. The molecular weight excluding hydrogens is 289 g/mol. The van der Waals surface area contributed by atoms with Gasteiger partial charge in [-0.2, -0.15) is 0 Å². The third-order valence-electron chi connectivity index (χ3n) is 2.53. The number of likely N-dealkylation sites (N-methyl/N-ethyl adjacent to an activating group) is 1. The molecule has 0 bridgehead atoms. The van der Waals surface area contributed by atoms with Crippen molar-refractivity contribution in [3.8, 4) is 5.75 Å². The van der Waals surface area contributed by atoms with Crippen LogP contribution in [0, 0.1) is 0 Å². The van der Waals surface area contributed by atoms with Crippen LogP contribution in [-0.2, 0) is 4.74 Å². The van der Waals surface area contributed by atoms with Crippen molar-refractivity contribution in [2.75, 3.05) is 39.8 Å². The van der Waals surface area contributed by atoms with Crippen molar-refractivity contribution in [3.05, 3.63) is 28.8 Å². The fourth-order valence-corrected chi connectivity index (χ4v) is 1.79. The van der Waals surface area contributed by atoms with Crippen LogP contribution in [0.15, 0.2) is 18.2 Å². The molecule has 0 radical (unpaired) electrons. The molecule has 0 saturated carbocycles. The standard InChI is InChI=1S/C13H17Cl2NO3/c1-16(6-8-19-7-5-14)13(17)11-9-10(15)3-4-12(11)18-2/h3-4,9H,5-8H2,1-2H3. The molecule has 0 N–H and O–H groups in total. The highest BCUT2D eigenvalue weighted by Gasteiger charge is 2.16. The predicted molar refractivity (Wildman–Crippen MR) is 76.5 cm³/mol. The Morgan fingerprint density at radius 2 is 2.11 bits per heavy atom. The lowest BCUT2D eigenvalue weighted by Gasteiger charge is -2.18. The lowest BCUT2D eigenvalue weighted by molar-refractivity contribution is 0.0709. The SMILES string of the molecule is COc1ccc(Cl)cc1C(=O)N(C)CCOCCCl. The minimum absolute atomic E-state index is 0.158. The third kappa shape index (κ3) is 4.90. The van der Waals surface area contributed by atoms with Gasteiger partial charge in [0.2, 0.25) is 0 Å². The van der Waals surface area contributed by atoms with E-state index in [1.165, 1.54) is 7.11 Å². The maximum atomic E-state index is 12.2. The zero-order valence-corrected chi connectivity index (χ0v) is 12.5. The van der Waals surface area contributed by atoms with Crippen LogP contribution < -0.4 is 4.74 Å². The first-order valence-corrected chi connectivity index (χ1v) is 6.74. The van der Waals surface area contributed by atoms with Crippen molar-refractivity contribution in [1.82, 2.24) is 4.90 Å². The summed E-state index contributed by atoms with van der Waals surface area (Å²) in [6.07, 6.45) is 0. The fraction of sp³-hybridized carbons (Fsp3) is 0.462. The lowest BCUT2D eigenvalue weighted by atomic mass is 10.1. The monoisotopic (exact) mass is 305 g/mol. The smallest absolute Gasteiger partial charge is 0.257 e. The Hall–Kier alpha value is -0.970. The first-order chi connectivity index (χ1) is 9.10. The number of hydrogen-bond donors (Lipinski definition) is 0. The molecule has 1 aromatic carbocycles. The lowest BCUT2D eigenvalue weighted by Crippen LogP contribution is -2.30. The zero-order valence-electron chi connectivity index (χ0n) is 11.0. The molecule has 0 aliphatic heterocycles. The molecule has 19 heavy (non-hydrogen) atoms. The zero-order chi connectivity index (χ0) is 14.3. The molecule has 0 aromatic heterocycles. The van der Waals surface area contributed by atoms with Crippen LogP contribution in [0.2, 0.25) is 5.02 Å². The van der Waals surface area contributed by atoms with E-state index < -0.39 is 0 Å². The number of hydrogen-bond acceptors (Lipinski definition) is 3. The van der Waals surface area contributed by atoms with Gasteiger partial charge in [0.1, 0.15) is 5.75 Å². The Kier molecular flexibility index (Phi) is 6.99. The summed E-state index contributed by atoms with van der Waals surface area (Å²) in [5.41, 5.74) is 0.440. The molecule has 0 aliphatic carbocycles. The van der Waals surface area contributed by atoms with E-state index in [4.69, 9.17) is 32.7 Å². The van der Waals surface area contributed by atoms with Crippen LogP contribution >= 0.6 is 23.2 Å². The van der Waals surface area contributed by atoms with Gasteiger partial charge in [-0.05, 0) is 18.2 Å². The summed E-state index contributed by atoms with van der Waals surface area (Å²) >= 11 is 11.4. The van der Waals surface area contributed by atoms with E-state index in [-0.39, 0.29) is 5.91 Å². The normalized spacial score (nSPS) is 10.3. The summed E-state index contributed by atoms with van der Waals surface area (Å²) in [5.74, 6) is 0.788. The second-order valence-corrected chi connectivity index (χ2v) is 4.69. The molecule has 0 atom stereocenters. The second kappa shape index (κ2) is 8.25. The number of carbonyl (C=O) groups is 1. The van der Waals surface area contributed by atoms with Gasteiger partial charge in [0.15, 0.2) is 0 Å². The topological polar surface area (TPSA) is 38.8 Å².